The van der Waals surface area contributed by atoms with Crippen molar-refractivity contribution in [1.82, 2.24) is 25.0 Å². The van der Waals surface area contributed by atoms with Crippen LogP contribution in [-0.4, -0.2) is 25.0 Å². The Morgan fingerprint density at radius 2 is 2.07 bits per heavy atom. The van der Waals surface area contributed by atoms with Crippen molar-refractivity contribution in [3.8, 4) is 0 Å². The number of hydrogen-bond acceptors (Lipinski definition) is 5. The summed E-state index contributed by atoms with van der Waals surface area (Å²) in [6.45, 7) is 0. The SMILES string of the molecule is Nc1ncnc2c1nnn2C1CCCC1. The lowest BCUT2D eigenvalue weighted by Crippen LogP contribution is -2.07. The number of nitrogen functional groups attached to an aromatic ring is 1. The zero-order valence-corrected chi connectivity index (χ0v) is 8.30. The topological polar surface area (TPSA) is 82.5 Å². The van der Waals surface area contributed by atoms with Gasteiger partial charge in [0, 0.05) is 0 Å². The molecule has 1 aliphatic carbocycles. The van der Waals surface area contributed by atoms with Crippen LogP contribution in [0.2, 0.25) is 0 Å². The highest BCUT2D eigenvalue weighted by Gasteiger charge is 2.21. The first kappa shape index (κ1) is 8.58. The Kier molecular flexibility index (Phi) is 1.80. The fourth-order valence-corrected chi connectivity index (χ4v) is 2.18. The average molecular weight is 204 g/mol. The molecular weight excluding hydrogens is 192 g/mol. The molecule has 2 N–H and O–H groups in total. The van der Waals surface area contributed by atoms with Crippen molar-refractivity contribution in [1.29, 1.82) is 0 Å². The molecule has 1 saturated carbocycles. The lowest BCUT2D eigenvalue weighted by atomic mass is 10.2. The molecule has 0 bridgehead atoms. The molecule has 0 aromatic carbocycles. The van der Waals surface area contributed by atoms with Crippen LogP contribution in [0.5, 0.6) is 0 Å². The molecule has 1 aliphatic rings. The van der Waals surface area contributed by atoms with Crippen LogP contribution in [0.25, 0.3) is 11.2 Å². The molecule has 78 valence electrons. The van der Waals surface area contributed by atoms with Crippen LogP contribution in [0.4, 0.5) is 5.82 Å². The van der Waals surface area contributed by atoms with E-state index in [0.717, 1.165) is 18.5 Å². The third-order valence-electron chi connectivity index (χ3n) is 2.96. The molecule has 2 aromatic rings. The Morgan fingerprint density at radius 3 is 2.87 bits per heavy atom. The smallest absolute Gasteiger partial charge is 0.184 e. The molecule has 6 heteroatoms. The Balaban J connectivity index is 2.15. The Morgan fingerprint density at radius 1 is 1.27 bits per heavy atom. The number of anilines is 1. The van der Waals surface area contributed by atoms with E-state index in [0.29, 0.717) is 17.4 Å². The van der Waals surface area contributed by atoms with E-state index in [1.165, 1.54) is 19.2 Å². The molecule has 6 nitrogen and oxygen atoms in total. The van der Waals surface area contributed by atoms with Gasteiger partial charge in [-0.05, 0) is 12.8 Å². The molecule has 0 radical (unpaired) electrons. The van der Waals surface area contributed by atoms with Gasteiger partial charge in [0.25, 0.3) is 0 Å². The maximum Gasteiger partial charge on any atom is 0.184 e. The van der Waals surface area contributed by atoms with Crippen LogP contribution in [0.15, 0.2) is 6.33 Å². The normalized spacial score (nSPS) is 17.6. The van der Waals surface area contributed by atoms with Crippen molar-refractivity contribution in [2.45, 2.75) is 31.7 Å². The predicted octanol–water partition coefficient (Wildman–Crippen LogP) is 0.919. The third kappa shape index (κ3) is 1.25. The van der Waals surface area contributed by atoms with Crippen molar-refractivity contribution < 1.29 is 0 Å². The van der Waals surface area contributed by atoms with Gasteiger partial charge in [0.05, 0.1) is 6.04 Å². The van der Waals surface area contributed by atoms with Crippen molar-refractivity contribution in [3.05, 3.63) is 6.33 Å². The number of aromatic nitrogens is 5. The number of nitrogens with zero attached hydrogens (tertiary/aromatic N) is 5. The first-order valence-electron chi connectivity index (χ1n) is 5.17. The van der Waals surface area contributed by atoms with Gasteiger partial charge in [0.1, 0.15) is 6.33 Å². The van der Waals surface area contributed by atoms with E-state index in [9.17, 15) is 0 Å². The Bertz CT molecular complexity index is 484. The van der Waals surface area contributed by atoms with E-state index >= 15 is 0 Å². The molecule has 0 atom stereocenters. The second kappa shape index (κ2) is 3.15. The Labute approximate surface area is 86.5 Å². The molecule has 2 aromatic heterocycles. The van der Waals surface area contributed by atoms with Gasteiger partial charge in [-0.2, -0.15) is 0 Å². The third-order valence-corrected chi connectivity index (χ3v) is 2.96. The lowest BCUT2D eigenvalue weighted by molar-refractivity contribution is 0.464. The van der Waals surface area contributed by atoms with Crippen LogP contribution < -0.4 is 5.73 Å². The van der Waals surface area contributed by atoms with Gasteiger partial charge < -0.3 is 5.73 Å². The molecule has 0 unspecified atom stereocenters. The summed E-state index contributed by atoms with van der Waals surface area (Å²) in [4.78, 5) is 8.09. The monoisotopic (exact) mass is 204 g/mol. The molecule has 0 amide bonds. The van der Waals surface area contributed by atoms with Crippen molar-refractivity contribution in [3.63, 3.8) is 0 Å². The summed E-state index contributed by atoms with van der Waals surface area (Å²) < 4.78 is 1.89. The van der Waals surface area contributed by atoms with Gasteiger partial charge in [0.15, 0.2) is 17.0 Å². The Hall–Kier alpha value is -1.72. The summed E-state index contributed by atoms with van der Waals surface area (Å²) in [7, 11) is 0. The van der Waals surface area contributed by atoms with E-state index in [-0.39, 0.29) is 0 Å². The van der Waals surface area contributed by atoms with Gasteiger partial charge in [0.2, 0.25) is 0 Å². The van der Waals surface area contributed by atoms with E-state index in [4.69, 9.17) is 5.73 Å². The quantitative estimate of drug-likeness (QED) is 0.746. The number of nitrogens with two attached hydrogens (primary N) is 1. The standard InChI is InChI=1S/C9H12N6/c10-8-7-9(12-5-11-8)15(14-13-7)6-3-1-2-4-6/h5-6H,1-4H2,(H2,10,11,12). The highest BCUT2D eigenvalue weighted by Crippen LogP contribution is 2.30. The zero-order chi connectivity index (χ0) is 10.3. The summed E-state index contributed by atoms with van der Waals surface area (Å²) in [5, 5.41) is 8.15. The summed E-state index contributed by atoms with van der Waals surface area (Å²) in [5.74, 6) is 0.407. The maximum atomic E-state index is 5.70. The van der Waals surface area contributed by atoms with E-state index in [1.807, 2.05) is 4.68 Å². The fourth-order valence-electron chi connectivity index (χ4n) is 2.18. The molecule has 0 saturated heterocycles. The minimum Gasteiger partial charge on any atom is -0.382 e. The minimum atomic E-state index is 0.407. The first-order valence-corrected chi connectivity index (χ1v) is 5.17. The molecule has 3 rings (SSSR count). The fraction of sp³-hybridized carbons (Fsp3) is 0.556. The highest BCUT2D eigenvalue weighted by molar-refractivity contribution is 5.80. The molecule has 2 heterocycles. The van der Waals surface area contributed by atoms with Crippen molar-refractivity contribution >= 4 is 17.0 Å². The van der Waals surface area contributed by atoms with E-state index in [2.05, 4.69) is 20.3 Å². The van der Waals surface area contributed by atoms with Gasteiger partial charge in [-0.25, -0.2) is 14.6 Å². The van der Waals surface area contributed by atoms with Crippen molar-refractivity contribution in [2.24, 2.45) is 0 Å². The molecule has 1 fully saturated rings. The van der Waals surface area contributed by atoms with Gasteiger partial charge in [-0.1, -0.05) is 18.1 Å². The highest BCUT2D eigenvalue weighted by atomic mass is 15.5. The summed E-state index contributed by atoms with van der Waals surface area (Å²) in [6, 6.07) is 0.435. The molecule has 0 aliphatic heterocycles. The van der Waals surface area contributed by atoms with Crippen LogP contribution in [0.1, 0.15) is 31.7 Å². The second-order valence-electron chi connectivity index (χ2n) is 3.90. The van der Waals surface area contributed by atoms with Crippen molar-refractivity contribution in [2.75, 3.05) is 5.73 Å². The number of rotatable bonds is 1. The van der Waals surface area contributed by atoms with E-state index in [1.54, 1.807) is 0 Å². The first-order chi connectivity index (χ1) is 7.36. The predicted molar refractivity (Wildman–Crippen MR) is 55.0 cm³/mol. The largest absolute Gasteiger partial charge is 0.382 e. The average Bonchev–Trinajstić information content (AvgIpc) is 2.85. The van der Waals surface area contributed by atoms with Gasteiger partial charge >= 0.3 is 0 Å². The zero-order valence-electron chi connectivity index (χ0n) is 8.30. The van der Waals surface area contributed by atoms with Crippen LogP contribution in [0.3, 0.4) is 0 Å². The molecule has 0 spiro atoms. The van der Waals surface area contributed by atoms with Crippen LogP contribution in [0, 0.1) is 0 Å². The number of hydrogen-bond donors (Lipinski definition) is 1. The van der Waals surface area contributed by atoms with E-state index < -0.39 is 0 Å². The maximum absolute atomic E-state index is 5.70. The van der Waals surface area contributed by atoms with Gasteiger partial charge in [-0.15, -0.1) is 5.10 Å². The number of fused-ring (bicyclic) bond motifs is 1. The molecular formula is C9H12N6. The summed E-state index contributed by atoms with van der Waals surface area (Å²) in [6.07, 6.45) is 6.29. The van der Waals surface area contributed by atoms with Gasteiger partial charge in [-0.3, -0.25) is 0 Å². The summed E-state index contributed by atoms with van der Waals surface area (Å²) in [5.41, 5.74) is 7.08. The van der Waals surface area contributed by atoms with Crippen LogP contribution >= 0.6 is 0 Å². The van der Waals surface area contributed by atoms with Crippen LogP contribution in [-0.2, 0) is 0 Å². The second-order valence-corrected chi connectivity index (χ2v) is 3.90. The lowest BCUT2D eigenvalue weighted by Gasteiger charge is -2.08. The minimum absolute atomic E-state index is 0.407. The molecule has 15 heavy (non-hydrogen) atoms. The summed E-state index contributed by atoms with van der Waals surface area (Å²) >= 11 is 0.